The molecule has 1 aromatic carbocycles. The van der Waals surface area contributed by atoms with Crippen LogP contribution in [-0.2, 0) is 11.2 Å². The van der Waals surface area contributed by atoms with Crippen molar-refractivity contribution in [3.8, 4) is 0 Å². The van der Waals surface area contributed by atoms with Crippen molar-refractivity contribution in [3.05, 3.63) is 35.9 Å². The highest BCUT2D eigenvalue weighted by atomic mass is 79.9. The van der Waals surface area contributed by atoms with Crippen molar-refractivity contribution in [2.75, 3.05) is 18.5 Å². The Morgan fingerprint density at radius 3 is 2.50 bits per heavy atom. The van der Waals surface area contributed by atoms with E-state index in [1.807, 2.05) is 0 Å². The molecule has 1 fully saturated rings. The van der Waals surface area contributed by atoms with E-state index in [1.165, 1.54) is 31.2 Å². The van der Waals surface area contributed by atoms with E-state index in [0.717, 1.165) is 31.4 Å². The number of halogens is 1. The molecule has 18 heavy (non-hydrogen) atoms. The Labute approximate surface area is 119 Å². The lowest BCUT2D eigenvalue weighted by Gasteiger charge is -2.26. The van der Waals surface area contributed by atoms with Crippen LogP contribution in [-0.4, -0.2) is 18.5 Å². The summed E-state index contributed by atoms with van der Waals surface area (Å²) in [6.07, 6.45) is 7.66. The molecule has 0 N–H and O–H groups in total. The first kappa shape index (κ1) is 14.1. The molecule has 0 unspecified atom stereocenters. The lowest BCUT2D eigenvalue weighted by Crippen LogP contribution is -2.25. The molecule has 0 radical (unpaired) electrons. The molecule has 1 nitrogen and oxygen atoms in total. The van der Waals surface area contributed by atoms with Gasteiger partial charge in [0.1, 0.15) is 0 Å². The van der Waals surface area contributed by atoms with Crippen LogP contribution in [0.5, 0.6) is 0 Å². The molecule has 1 aromatic rings. The van der Waals surface area contributed by atoms with Crippen LogP contribution < -0.4 is 0 Å². The van der Waals surface area contributed by atoms with E-state index in [4.69, 9.17) is 4.74 Å². The first-order chi connectivity index (χ1) is 8.85. The summed E-state index contributed by atoms with van der Waals surface area (Å²) < 4.78 is 5.90. The monoisotopic (exact) mass is 310 g/mol. The Balaban J connectivity index is 1.61. The average Bonchev–Trinajstić information content (AvgIpc) is 2.89. The quantitative estimate of drug-likeness (QED) is 0.528. The first-order valence-corrected chi connectivity index (χ1v) is 8.14. The molecule has 2 rings (SSSR count). The van der Waals surface area contributed by atoms with Crippen molar-refractivity contribution in [3.63, 3.8) is 0 Å². The summed E-state index contributed by atoms with van der Waals surface area (Å²) in [4.78, 5) is 0. The van der Waals surface area contributed by atoms with Gasteiger partial charge in [0.15, 0.2) is 0 Å². The Bertz CT molecular complexity index is 330. The minimum absolute atomic E-state index is 0.437. The lowest BCUT2D eigenvalue weighted by atomic mass is 9.90. The second-order valence-electron chi connectivity index (χ2n) is 5.48. The maximum absolute atomic E-state index is 5.90. The Morgan fingerprint density at radius 1 is 1.11 bits per heavy atom. The summed E-state index contributed by atoms with van der Waals surface area (Å²) in [7, 11) is 0. The average molecular weight is 311 g/mol. The highest BCUT2D eigenvalue weighted by Crippen LogP contribution is 2.39. The predicted octanol–water partition coefficient (Wildman–Crippen LogP) is 4.59. The number of rotatable bonds is 7. The summed E-state index contributed by atoms with van der Waals surface area (Å²) in [5.41, 5.74) is 1.85. The lowest BCUT2D eigenvalue weighted by molar-refractivity contribution is 0.0582. The summed E-state index contributed by atoms with van der Waals surface area (Å²) in [5.74, 6) is 0. The van der Waals surface area contributed by atoms with Crippen molar-refractivity contribution < 1.29 is 4.74 Å². The zero-order valence-corrected chi connectivity index (χ0v) is 12.6. The van der Waals surface area contributed by atoms with E-state index in [2.05, 4.69) is 46.3 Å². The fourth-order valence-electron chi connectivity index (χ4n) is 2.75. The smallest absolute Gasteiger partial charge is 0.0530 e. The fourth-order valence-corrected chi connectivity index (χ4v) is 3.48. The van der Waals surface area contributed by atoms with Crippen LogP contribution in [0.1, 0.15) is 37.7 Å². The summed E-state index contributed by atoms with van der Waals surface area (Å²) in [6.45, 7) is 1.83. The number of benzene rings is 1. The van der Waals surface area contributed by atoms with Gasteiger partial charge in [-0.15, -0.1) is 0 Å². The third kappa shape index (κ3) is 4.10. The second kappa shape index (κ2) is 7.30. The molecule has 0 saturated heterocycles. The number of aryl methyl sites for hydroxylation is 1. The maximum atomic E-state index is 5.90. The Hall–Kier alpha value is -0.340. The van der Waals surface area contributed by atoms with Crippen LogP contribution in [0.15, 0.2) is 30.3 Å². The van der Waals surface area contributed by atoms with Crippen molar-refractivity contribution in [1.82, 2.24) is 0 Å². The zero-order chi connectivity index (χ0) is 12.7. The Kier molecular flexibility index (Phi) is 5.71. The topological polar surface area (TPSA) is 9.23 Å². The van der Waals surface area contributed by atoms with Gasteiger partial charge in [0, 0.05) is 17.4 Å². The van der Waals surface area contributed by atoms with Crippen LogP contribution >= 0.6 is 15.9 Å². The molecule has 0 aliphatic heterocycles. The normalized spacial score (nSPS) is 18.1. The highest BCUT2D eigenvalue weighted by Gasteiger charge is 2.32. The predicted molar refractivity (Wildman–Crippen MR) is 80.3 cm³/mol. The van der Waals surface area contributed by atoms with Gasteiger partial charge in [-0.05, 0) is 31.2 Å². The van der Waals surface area contributed by atoms with E-state index in [0.29, 0.717) is 5.41 Å². The third-order valence-electron chi connectivity index (χ3n) is 3.95. The molecular weight excluding hydrogens is 288 g/mol. The van der Waals surface area contributed by atoms with Crippen molar-refractivity contribution in [2.24, 2.45) is 5.41 Å². The van der Waals surface area contributed by atoms with Gasteiger partial charge in [0.25, 0.3) is 0 Å². The Morgan fingerprint density at radius 2 is 1.83 bits per heavy atom. The summed E-state index contributed by atoms with van der Waals surface area (Å²) in [5, 5.41) is 1.10. The van der Waals surface area contributed by atoms with E-state index < -0.39 is 0 Å². The van der Waals surface area contributed by atoms with Gasteiger partial charge < -0.3 is 4.74 Å². The van der Waals surface area contributed by atoms with Crippen LogP contribution in [0.25, 0.3) is 0 Å². The van der Waals surface area contributed by atoms with Crippen molar-refractivity contribution in [1.29, 1.82) is 0 Å². The molecule has 0 heterocycles. The fraction of sp³-hybridized carbons (Fsp3) is 0.625. The van der Waals surface area contributed by atoms with Crippen LogP contribution in [0.4, 0.5) is 0 Å². The number of alkyl halides is 1. The van der Waals surface area contributed by atoms with Crippen LogP contribution in [0, 0.1) is 5.41 Å². The molecule has 0 spiro atoms. The molecule has 0 bridgehead atoms. The van der Waals surface area contributed by atoms with Gasteiger partial charge in [0.05, 0.1) is 6.61 Å². The second-order valence-corrected chi connectivity index (χ2v) is 6.04. The van der Waals surface area contributed by atoms with E-state index >= 15 is 0 Å². The third-order valence-corrected chi connectivity index (χ3v) is 5.14. The minimum atomic E-state index is 0.437. The van der Waals surface area contributed by atoms with E-state index in [-0.39, 0.29) is 0 Å². The molecule has 1 aliphatic carbocycles. The van der Waals surface area contributed by atoms with E-state index in [9.17, 15) is 0 Å². The van der Waals surface area contributed by atoms with Gasteiger partial charge in [-0.1, -0.05) is 59.1 Å². The van der Waals surface area contributed by atoms with Gasteiger partial charge >= 0.3 is 0 Å². The van der Waals surface area contributed by atoms with Crippen LogP contribution in [0.3, 0.4) is 0 Å². The van der Waals surface area contributed by atoms with Gasteiger partial charge in [0.2, 0.25) is 0 Å². The molecular formula is C16H23BrO. The molecule has 100 valence electrons. The molecule has 0 atom stereocenters. The van der Waals surface area contributed by atoms with Crippen LogP contribution in [0.2, 0.25) is 0 Å². The standard InChI is InChI=1S/C16H23BrO/c17-13-16(10-4-5-11-16)14-18-12-6-9-15-7-2-1-3-8-15/h1-3,7-8H,4-6,9-14H2. The van der Waals surface area contributed by atoms with E-state index in [1.54, 1.807) is 0 Å². The summed E-state index contributed by atoms with van der Waals surface area (Å²) >= 11 is 3.66. The number of hydrogen-bond acceptors (Lipinski definition) is 1. The van der Waals surface area contributed by atoms with Gasteiger partial charge in [-0.2, -0.15) is 0 Å². The van der Waals surface area contributed by atoms with Crippen molar-refractivity contribution in [2.45, 2.75) is 38.5 Å². The summed E-state index contributed by atoms with van der Waals surface area (Å²) in [6, 6.07) is 10.7. The van der Waals surface area contributed by atoms with Crippen molar-refractivity contribution >= 4 is 15.9 Å². The number of ether oxygens (including phenoxy) is 1. The zero-order valence-electron chi connectivity index (χ0n) is 11.0. The van der Waals surface area contributed by atoms with Gasteiger partial charge in [-0.25, -0.2) is 0 Å². The first-order valence-electron chi connectivity index (χ1n) is 7.02. The largest absolute Gasteiger partial charge is 0.381 e. The molecule has 2 heteroatoms. The minimum Gasteiger partial charge on any atom is -0.381 e. The molecule has 1 aliphatic rings. The molecule has 0 amide bonds. The maximum Gasteiger partial charge on any atom is 0.0530 e. The molecule has 0 aromatic heterocycles. The SMILES string of the molecule is BrCC1(COCCCc2ccccc2)CCCC1. The highest BCUT2D eigenvalue weighted by molar-refractivity contribution is 9.09. The number of hydrogen-bond donors (Lipinski definition) is 0. The molecule has 1 saturated carbocycles. The van der Waals surface area contributed by atoms with Gasteiger partial charge in [-0.3, -0.25) is 0 Å².